The summed E-state index contributed by atoms with van der Waals surface area (Å²) in [6.07, 6.45) is -47.7. The molecule has 0 aliphatic heterocycles. The van der Waals surface area contributed by atoms with Crippen LogP contribution in [0.15, 0.2) is 72.9 Å². The van der Waals surface area contributed by atoms with Crippen LogP contribution in [0.3, 0.4) is 0 Å². The first-order valence-corrected chi connectivity index (χ1v) is 38.3. The van der Waals surface area contributed by atoms with E-state index in [0.29, 0.717) is 54.0 Å². The van der Waals surface area contributed by atoms with Crippen molar-refractivity contribution >= 4 is 45.8 Å². The van der Waals surface area contributed by atoms with Crippen LogP contribution in [0.2, 0.25) is 0 Å². The number of carbonyl (C=O) groups excluding carboxylic acids is 6. The third kappa shape index (κ3) is 38.3. The van der Waals surface area contributed by atoms with Gasteiger partial charge in [-0.25, -0.2) is 41.9 Å². The molecule has 122 heavy (non-hydrogen) atoms. The highest BCUT2D eigenvalue weighted by atomic mass is 32.2. The molecule has 0 spiro atoms. The summed E-state index contributed by atoms with van der Waals surface area (Å²) in [4.78, 5) is 67.8. The number of sulfonamides is 1. The maximum absolute atomic E-state index is 13.2. The first kappa shape index (κ1) is 122. The van der Waals surface area contributed by atoms with Crippen LogP contribution in [0.5, 0.6) is 0 Å². The maximum Gasteiger partial charge on any atom is 0.417 e. The second kappa shape index (κ2) is 46.2. The molecule has 0 saturated heterocycles. The minimum atomic E-state index is -5.28. The molecule has 16 atom stereocenters. The second-order valence-electron chi connectivity index (χ2n) is 31.9. The Bertz CT molecular complexity index is 3540. The number of nitrogens with one attached hydrogen (secondary N) is 1. The number of alkyl halides is 21. The third-order valence-electron chi connectivity index (χ3n) is 19.4. The number of aliphatic hydroxyl groups excluding tert-OH is 2. The van der Waals surface area contributed by atoms with E-state index in [0.717, 1.165) is 6.26 Å². The molecule has 716 valence electrons. The van der Waals surface area contributed by atoms with E-state index in [9.17, 15) is 170 Å². The van der Waals surface area contributed by atoms with Crippen molar-refractivity contribution in [3.63, 3.8) is 0 Å². The van der Waals surface area contributed by atoms with Gasteiger partial charge in [0.1, 0.15) is 37.1 Å². The van der Waals surface area contributed by atoms with Gasteiger partial charge in [0.25, 0.3) is 0 Å². The molecule has 0 aromatic rings. The molecule has 46 heteroatoms. The van der Waals surface area contributed by atoms with E-state index < -0.39 is 246 Å². The van der Waals surface area contributed by atoms with E-state index in [1.165, 1.54) is 48.5 Å². The monoisotopic (exact) mass is 1840 g/mol. The number of hydrogen-bond donors (Lipinski definition) is 10. The molecular weight excluding hydrogens is 1730 g/mol. The number of hydrogen-bond acceptors (Lipinski definition) is 23. The lowest BCUT2D eigenvalue weighted by Gasteiger charge is -2.49. The largest absolute Gasteiger partial charge is 0.461 e. The molecule has 3 aliphatic rings. The van der Waals surface area contributed by atoms with Gasteiger partial charge >= 0.3 is 79.0 Å². The maximum atomic E-state index is 13.2. The van der Waals surface area contributed by atoms with Crippen molar-refractivity contribution in [2.75, 3.05) is 19.4 Å². The van der Waals surface area contributed by atoms with Crippen LogP contribution in [0.4, 0.5) is 92.2 Å². The molecule has 0 heterocycles. The zero-order valence-corrected chi connectivity index (χ0v) is 70.3. The predicted octanol–water partition coefficient (Wildman–Crippen LogP) is 13.7. The SMILES string of the molecule is C.C=C(C)C(=O)OC(C)CC(C)(O)C(F)(F)F.C=C(C)C(=O)OC(CC(C)C)CC(C)(O)C(F)(F)F.C=C(C)C(=O)OC1CC(C(C)(O)C(F)(F)F)C(O)C(C(C)(O)C(F)(F)F)C1.C=C(C)C(=O)OC1CC(C(C)(O)C(F)(F)F)CC(C(C)(O)C(F)(F)F)C1.C=C(C)C(=O)OC1CCC(O)C(C(C)(O)C(F)(F)F)C1.C=C(C)C(=O)OCCNS(C)(=O)=O. The minimum absolute atomic E-state index is 0. The van der Waals surface area contributed by atoms with Gasteiger partial charge in [-0.15, -0.1) is 0 Å². The molecule has 0 amide bonds. The van der Waals surface area contributed by atoms with Crippen molar-refractivity contribution in [2.45, 2.75) is 314 Å². The lowest BCUT2D eigenvalue weighted by Crippen LogP contribution is -2.63. The van der Waals surface area contributed by atoms with Crippen LogP contribution in [-0.2, 0) is 67.2 Å². The van der Waals surface area contributed by atoms with Gasteiger partial charge < -0.3 is 74.4 Å². The van der Waals surface area contributed by atoms with Crippen molar-refractivity contribution < 1.29 is 204 Å². The summed E-state index contributed by atoms with van der Waals surface area (Å²) in [6.45, 7) is 36.7. The van der Waals surface area contributed by atoms with Crippen LogP contribution >= 0.6 is 0 Å². The highest BCUT2D eigenvalue weighted by Gasteiger charge is 2.67. The van der Waals surface area contributed by atoms with Crippen molar-refractivity contribution in [3.8, 4) is 0 Å². The number of halogens is 21. The molecule has 3 fully saturated rings. The minimum Gasteiger partial charge on any atom is -0.461 e. The normalized spacial score (nSPS) is 24.3. The molecule has 3 rings (SSSR count). The fraction of sp³-hybridized carbons (Fsp3) is 0.763. The summed E-state index contributed by atoms with van der Waals surface area (Å²) >= 11 is 0. The van der Waals surface area contributed by atoms with Gasteiger partial charge in [0.2, 0.25) is 10.0 Å². The summed E-state index contributed by atoms with van der Waals surface area (Å²) in [7, 11) is -3.21. The molecule has 0 aromatic carbocycles. The first-order valence-electron chi connectivity index (χ1n) is 36.4. The molecule has 3 aliphatic carbocycles. The van der Waals surface area contributed by atoms with Crippen molar-refractivity contribution in [2.24, 2.45) is 35.5 Å². The molecule has 3 saturated carbocycles. The van der Waals surface area contributed by atoms with Gasteiger partial charge in [-0.05, 0) is 161 Å². The number of aliphatic hydroxyl groups is 9. The van der Waals surface area contributed by atoms with E-state index in [1.54, 1.807) is 13.8 Å². The first-order chi connectivity index (χ1) is 53.4. The van der Waals surface area contributed by atoms with Crippen LogP contribution in [0.25, 0.3) is 0 Å². The zero-order chi connectivity index (χ0) is 97.1. The lowest BCUT2D eigenvalue weighted by molar-refractivity contribution is -0.318. The molecule has 0 radical (unpaired) electrons. The Labute approximate surface area is 694 Å². The zero-order valence-electron chi connectivity index (χ0n) is 69.5. The summed E-state index contributed by atoms with van der Waals surface area (Å²) in [5, 5.41) is 87.7. The summed E-state index contributed by atoms with van der Waals surface area (Å²) < 4.78 is 324. The number of rotatable bonds is 26. The summed E-state index contributed by atoms with van der Waals surface area (Å²) in [5.74, 6) is -13.9. The van der Waals surface area contributed by atoms with Crippen LogP contribution in [0, 0.1) is 35.5 Å². The Morgan fingerprint density at radius 2 is 0.689 bits per heavy atom. The van der Waals surface area contributed by atoms with Crippen molar-refractivity contribution in [1.29, 1.82) is 0 Å². The molecule has 0 bridgehead atoms. The quantitative estimate of drug-likeness (QED) is 0.0126. The van der Waals surface area contributed by atoms with Crippen LogP contribution in [-0.4, -0.2) is 235 Å². The molecule has 10 N–H and O–H groups in total. The van der Waals surface area contributed by atoms with Crippen molar-refractivity contribution in [1.82, 2.24) is 4.72 Å². The van der Waals surface area contributed by atoms with E-state index >= 15 is 0 Å². The van der Waals surface area contributed by atoms with Crippen LogP contribution in [0.1, 0.15) is 189 Å². The Morgan fingerprint density at radius 1 is 0.402 bits per heavy atom. The second-order valence-corrected chi connectivity index (χ2v) is 33.7. The number of carbonyl (C=O) groups is 6. The Hall–Kier alpha value is -6.66. The van der Waals surface area contributed by atoms with E-state index in [2.05, 4.69) is 53.7 Å². The summed E-state index contributed by atoms with van der Waals surface area (Å²) in [6, 6.07) is 0. The predicted molar refractivity (Wildman–Crippen MR) is 396 cm³/mol. The standard InChI is InChI=1S/C16H22F6O5.C16H22F6O4.C13H19F3O4.C13H21F3O3.C10H15F3O3.C7H13NO4S.CH4/c1-7(2)12(24)27-8-5-9(13(3,25)15(17,18)19)11(23)10(6-8)14(4,26)16(20,21)22;1-8(2)12(23)26-11-6-9(13(3,24)15(17,18)19)5-10(7-11)14(4,25)16(20,21)22;1-7(2)11(18)20-8-4-5-10(17)9(6-8)12(3,19)13(14,15)16;1-8(2)6-10(19-11(17)9(3)4)7-12(5,18)13(14,15)16;1-6(2)8(14)16-7(3)5-9(4,15)10(11,12)13;1-6(2)7(9)12-5-4-8-13(3,10)11;/h8-11,23,25-26H,1,5-6H2,2-4H3;9-11,24-25H,1,5-7H2,2-4H3;8-10,17,19H,1,4-6H2,2-3H3;8,10,18H,3,6-7H2,1-2,4-5H3;7,15H,1,5H2,2-4H3;8H,1,4-5H2,2-3H3;1H4. The topological polar surface area (TPSA) is 386 Å². The van der Waals surface area contributed by atoms with Gasteiger partial charge in [0.05, 0.1) is 18.5 Å². The van der Waals surface area contributed by atoms with Crippen LogP contribution < -0.4 is 4.72 Å². The third-order valence-corrected chi connectivity index (χ3v) is 20.1. The molecular formula is C76H116F21NO23S. The highest BCUT2D eigenvalue weighted by molar-refractivity contribution is 7.88. The Kier molecular flexibility index (Phi) is 46.0. The smallest absolute Gasteiger partial charge is 0.417 e. The number of ether oxygens (including phenoxy) is 6. The average Bonchev–Trinajstić information content (AvgIpc) is 0.753. The average molecular weight is 1840 g/mol. The Morgan fingerprint density at radius 3 is 0.984 bits per heavy atom. The highest BCUT2D eigenvalue weighted by Crippen LogP contribution is 2.53. The molecule has 16 unspecified atom stereocenters. The van der Waals surface area contributed by atoms with Crippen molar-refractivity contribution in [3.05, 3.63) is 72.9 Å². The van der Waals surface area contributed by atoms with E-state index in [1.807, 2.05) is 0 Å². The van der Waals surface area contributed by atoms with Gasteiger partial charge in [-0.2, -0.15) is 92.2 Å². The molecule has 24 nitrogen and oxygen atoms in total. The molecule has 0 aromatic heterocycles. The number of esters is 6. The fourth-order valence-corrected chi connectivity index (χ4v) is 11.9. The lowest BCUT2D eigenvalue weighted by atomic mass is 9.65. The summed E-state index contributed by atoms with van der Waals surface area (Å²) in [5.41, 5.74) is -22.1. The van der Waals surface area contributed by atoms with E-state index in [-0.39, 0.29) is 80.0 Å². The van der Waals surface area contributed by atoms with Gasteiger partial charge in [-0.3, -0.25) is 0 Å². The van der Waals surface area contributed by atoms with E-state index in [4.69, 9.17) is 24.1 Å². The fourth-order valence-electron chi connectivity index (χ4n) is 11.4. The Balaban J connectivity index is -0.000000695. The van der Waals surface area contributed by atoms with Gasteiger partial charge in [0.15, 0.2) is 39.2 Å². The van der Waals surface area contributed by atoms with Gasteiger partial charge in [-0.1, -0.05) is 60.7 Å². The van der Waals surface area contributed by atoms with Gasteiger partial charge in [0, 0.05) is 82.4 Å².